The van der Waals surface area contributed by atoms with Crippen molar-refractivity contribution in [3.8, 4) is 0 Å². The monoisotopic (exact) mass is 172 g/mol. The highest BCUT2D eigenvalue weighted by Gasteiger charge is 2.07. The molecule has 0 radical (unpaired) electrons. The average molecular weight is 172 g/mol. The molecule has 0 atom stereocenters. The van der Waals surface area contributed by atoms with Gasteiger partial charge in [-0.15, -0.1) is 0 Å². The molecular weight excluding hydrogens is 156 g/mol. The topological polar surface area (TPSA) is 35.5 Å². The van der Waals surface area contributed by atoms with Crippen molar-refractivity contribution in [3.05, 3.63) is 12.3 Å². The SMILES string of the molecule is CCOC(=O)/C=C/OC(C)(C)C. The number of ether oxygens (including phenoxy) is 2. The maximum Gasteiger partial charge on any atom is 0.333 e. The molecule has 0 aliphatic rings. The van der Waals surface area contributed by atoms with Gasteiger partial charge in [-0.25, -0.2) is 4.79 Å². The third-order valence-electron chi connectivity index (χ3n) is 0.912. The summed E-state index contributed by atoms with van der Waals surface area (Å²) in [6, 6.07) is 0. The van der Waals surface area contributed by atoms with Gasteiger partial charge in [0.05, 0.1) is 24.5 Å². The minimum absolute atomic E-state index is 0.261. The molecule has 0 aromatic rings. The Morgan fingerprint density at radius 1 is 1.42 bits per heavy atom. The second-order valence-corrected chi connectivity index (χ2v) is 3.29. The molecule has 0 unspecified atom stereocenters. The molecule has 0 rings (SSSR count). The largest absolute Gasteiger partial charge is 0.495 e. The fraction of sp³-hybridized carbons (Fsp3) is 0.667. The Morgan fingerprint density at radius 2 is 2.00 bits per heavy atom. The number of hydrogen-bond acceptors (Lipinski definition) is 3. The summed E-state index contributed by atoms with van der Waals surface area (Å²) in [7, 11) is 0. The summed E-state index contributed by atoms with van der Waals surface area (Å²) >= 11 is 0. The number of esters is 1. The van der Waals surface area contributed by atoms with Crippen LogP contribution in [-0.4, -0.2) is 18.2 Å². The van der Waals surface area contributed by atoms with E-state index in [1.165, 1.54) is 12.3 Å². The molecule has 0 aliphatic heterocycles. The normalized spacial score (nSPS) is 11.7. The van der Waals surface area contributed by atoms with E-state index in [0.29, 0.717) is 6.61 Å². The van der Waals surface area contributed by atoms with Crippen LogP contribution >= 0.6 is 0 Å². The van der Waals surface area contributed by atoms with Gasteiger partial charge in [-0.05, 0) is 27.7 Å². The zero-order chi connectivity index (χ0) is 9.61. The first-order valence-corrected chi connectivity index (χ1v) is 3.97. The molecule has 0 heterocycles. The van der Waals surface area contributed by atoms with Crippen LogP contribution in [0.15, 0.2) is 12.3 Å². The Labute approximate surface area is 73.4 Å². The fourth-order valence-corrected chi connectivity index (χ4v) is 0.484. The van der Waals surface area contributed by atoms with Crippen molar-refractivity contribution in [1.82, 2.24) is 0 Å². The molecule has 3 nitrogen and oxygen atoms in total. The molecule has 70 valence electrons. The van der Waals surface area contributed by atoms with Crippen LogP contribution in [0.3, 0.4) is 0 Å². The number of carbonyl (C=O) groups excluding carboxylic acids is 1. The standard InChI is InChI=1S/C9H16O3/c1-5-11-8(10)6-7-12-9(2,3)4/h6-7H,5H2,1-4H3/b7-6+. The molecule has 0 amide bonds. The molecule has 3 heteroatoms. The Morgan fingerprint density at radius 3 is 2.42 bits per heavy atom. The lowest BCUT2D eigenvalue weighted by Crippen LogP contribution is -2.15. The molecule has 0 saturated carbocycles. The first-order valence-electron chi connectivity index (χ1n) is 3.97. The van der Waals surface area contributed by atoms with E-state index in [-0.39, 0.29) is 11.6 Å². The fourth-order valence-electron chi connectivity index (χ4n) is 0.484. The third-order valence-corrected chi connectivity index (χ3v) is 0.912. The van der Waals surface area contributed by atoms with E-state index in [0.717, 1.165) is 0 Å². The Kier molecular flexibility index (Phi) is 4.40. The van der Waals surface area contributed by atoms with Gasteiger partial charge in [0.2, 0.25) is 0 Å². The van der Waals surface area contributed by atoms with Crippen LogP contribution in [-0.2, 0) is 14.3 Å². The summed E-state index contributed by atoms with van der Waals surface area (Å²) in [5.74, 6) is -0.373. The smallest absolute Gasteiger partial charge is 0.333 e. The van der Waals surface area contributed by atoms with E-state index in [9.17, 15) is 4.79 Å². The van der Waals surface area contributed by atoms with Gasteiger partial charge in [-0.3, -0.25) is 0 Å². The predicted molar refractivity (Wildman–Crippen MR) is 46.6 cm³/mol. The minimum Gasteiger partial charge on any atom is -0.495 e. The van der Waals surface area contributed by atoms with Crippen LogP contribution in [0.1, 0.15) is 27.7 Å². The second kappa shape index (κ2) is 4.80. The first-order chi connectivity index (χ1) is 5.45. The Balaban J connectivity index is 3.69. The highest BCUT2D eigenvalue weighted by Crippen LogP contribution is 2.06. The van der Waals surface area contributed by atoms with E-state index in [2.05, 4.69) is 4.74 Å². The molecule has 0 aromatic carbocycles. The van der Waals surface area contributed by atoms with Crippen molar-refractivity contribution >= 4 is 5.97 Å². The molecule has 0 bridgehead atoms. The van der Waals surface area contributed by atoms with Crippen molar-refractivity contribution < 1.29 is 14.3 Å². The van der Waals surface area contributed by atoms with Crippen molar-refractivity contribution in [2.45, 2.75) is 33.3 Å². The Bertz CT molecular complexity index is 165. The first kappa shape index (κ1) is 11.0. The van der Waals surface area contributed by atoms with Crippen LogP contribution in [0.25, 0.3) is 0 Å². The summed E-state index contributed by atoms with van der Waals surface area (Å²) in [6.45, 7) is 7.86. The van der Waals surface area contributed by atoms with E-state index >= 15 is 0 Å². The number of carbonyl (C=O) groups is 1. The predicted octanol–water partition coefficient (Wildman–Crippen LogP) is 1.88. The zero-order valence-corrected chi connectivity index (χ0v) is 8.09. The lowest BCUT2D eigenvalue weighted by molar-refractivity contribution is -0.137. The van der Waals surface area contributed by atoms with Gasteiger partial charge in [-0.1, -0.05) is 0 Å². The maximum absolute atomic E-state index is 10.7. The average Bonchev–Trinajstić information content (AvgIpc) is 1.84. The highest BCUT2D eigenvalue weighted by molar-refractivity contribution is 5.81. The Hall–Kier alpha value is -0.990. The minimum atomic E-state index is -0.373. The summed E-state index contributed by atoms with van der Waals surface area (Å²) < 4.78 is 9.82. The van der Waals surface area contributed by atoms with E-state index in [4.69, 9.17) is 4.74 Å². The van der Waals surface area contributed by atoms with Crippen molar-refractivity contribution in [1.29, 1.82) is 0 Å². The molecule has 0 aliphatic carbocycles. The molecule has 0 fully saturated rings. The van der Waals surface area contributed by atoms with Gasteiger partial charge in [0.1, 0.15) is 0 Å². The van der Waals surface area contributed by atoms with Crippen LogP contribution in [0.5, 0.6) is 0 Å². The molecule has 0 aromatic heterocycles. The lowest BCUT2D eigenvalue weighted by Gasteiger charge is -2.17. The summed E-state index contributed by atoms with van der Waals surface area (Å²) in [4.78, 5) is 10.7. The number of rotatable bonds is 3. The highest BCUT2D eigenvalue weighted by atomic mass is 16.5. The van der Waals surface area contributed by atoms with Gasteiger partial charge in [0.15, 0.2) is 0 Å². The molecule has 0 spiro atoms. The van der Waals surface area contributed by atoms with Crippen LogP contribution in [0.4, 0.5) is 0 Å². The van der Waals surface area contributed by atoms with E-state index < -0.39 is 0 Å². The summed E-state index contributed by atoms with van der Waals surface area (Å²) in [5.41, 5.74) is -0.261. The lowest BCUT2D eigenvalue weighted by atomic mass is 10.2. The van der Waals surface area contributed by atoms with Crippen LogP contribution in [0.2, 0.25) is 0 Å². The molecule has 0 N–H and O–H groups in total. The molecular formula is C9H16O3. The van der Waals surface area contributed by atoms with Gasteiger partial charge in [0, 0.05) is 0 Å². The summed E-state index contributed by atoms with van der Waals surface area (Å²) in [6.07, 6.45) is 2.63. The second-order valence-electron chi connectivity index (χ2n) is 3.29. The van der Waals surface area contributed by atoms with Gasteiger partial charge >= 0.3 is 5.97 Å². The third kappa shape index (κ3) is 7.12. The van der Waals surface area contributed by atoms with Crippen molar-refractivity contribution in [2.24, 2.45) is 0 Å². The van der Waals surface area contributed by atoms with Crippen LogP contribution in [0, 0.1) is 0 Å². The number of hydrogen-bond donors (Lipinski definition) is 0. The van der Waals surface area contributed by atoms with Crippen molar-refractivity contribution in [3.63, 3.8) is 0 Å². The summed E-state index contributed by atoms with van der Waals surface area (Å²) in [5, 5.41) is 0. The zero-order valence-electron chi connectivity index (χ0n) is 8.09. The van der Waals surface area contributed by atoms with Gasteiger partial charge < -0.3 is 9.47 Å². The molecule has 12 heavy (non-hydrogen) atoms. The van der Waals surface area contributed by atoms with E-state index in [1.807, 2.05) is 20.8 Å². The van der Waals surface area contributed by atoms with Crippen LogP contribution < -0.4 is 0 Å². The van der Waals surface area contributed by atoms with Gasteiger partial charge in [-0.2, -0.15) is 0 Å². The van der Waals surface area contributed by atoms with Crippen molar-refractivity contribution in [2.75, 3.05) is 6.61 Å². The maximum atomic E-state index is 10.7. The molecule has 0 saturated heterocycles. The van der Waals surface area contributed by atoms with Gasteiger partial charge in [0.25, 0.3) is 0 Å². The quantitative estimate of drug-likeness (QED) is 0.370. The van der Waals surface area contributed by atoms with E-state index in [1.54, 1.807) is 6.92 Å².